The standard InChI is InChI=1S/C18H27N3O2S/c1-19(2)18(23)13-20-10-14-5-6-15(12-20)21(11-14)17(22)8-7-16-4-3-9-24-16/h3-4,9,14-15H,5-8,10-13H2,1-2H3/t14-,15+/m0/s1. The van der Waals surface area contributed by atoms with Crippen molar-refractivity contribution in [1.82, 2.24) is 14.7 Å². The van der Waals surface area contributed by atoms with Crippen LogP contribution in [-0.2, 0) is 16.0 Å². The number of piperidine rings is 1. The number of nitrogens with zero attached hydrogens (tertiary/aromatic N) is 3. The predicted molar refractivity (Wildman–Crippen MR) is 96.0 cm³/mol. The molecular formula is C18H27N3O2S. The van der Waals surface area contributed by atoms with Gasteiger partial charge in [-0.2, -0.15) is 0 Å². The molecule has 0 N–H and O–H groups in total. The van der Waals surface area contributed by atoms with E-state index in [2.05, 4.69) is 21.2 Å². The molecule has 0 saturated carbocycles. The summed E-state index contributed by atoms with van der Waals surface area (Å²) in [5.74, 6) is 0.926. The molecule has 0 aromatic carbocycles. The molecule has 2 atom stereocenters. The number of rotatable bonds is 5. The first kappa shape index (κ1) is 17.4. The number of carbonyl (C=O) groups excluding carboxylic acids is 2. The molecule has 0 spiro atoms. The zero-order chi connectivity index (χ0) is 17.1. The van der Waals surface area contributed by atoms with E-state index < -0.39 is 0 Å². The van der Waals surface area contributed by atoms with Crippen LogP contribution in [-0.4, -0.2) is 72.8 Å². The molecule has 3 saturated heterocycles. The lowest BCUT2D eigenvalue weighted by molar-refractivity contribution is -0.135. The summed E-state index contributed by atoms with van der Waals surface area (Å²) in [4.78, 5) is 32.0. The van der Waals surface area contributed by atoms with Crippen molar-refractivity contribution in [2.45, 2.75) is 31.7 Å². The number of hydrogen-bond donors (Lipinski definition) is 0. The third kappa shape index (κ3) is 4.16. The summed E-state index contributed by atoms with van der Waals surface area (Å²) in [6.45, 7) is 3.10. The maximum absolute atomic E-state index is 12.7. The predicted octanol–water partition coefficient (Wildman–Crippen LogP) is 1.69. The largest absolute Gasteiger partial charge is 0.348 e. The van der Waals surface area contributed by atoms with Gasteiger partial charge in [-0.1, -0.05) is 6.07 Å². The second-order valence-electron chi connectivity index (χ2n) is 7.20. The molecule has 0 radical (unpaired) electrons. The van der Waals surface area contributed by atoms with Gasteiger partial charge >= 0.3 is 0 Å². The zero-order valence-electron chi connectivity index (χ0n) is 14.6. The number of aryl methyl sites for hydroxylation is 1. The number of likely N-dealkylation sites (N-methyl/N-ethyl adjacent to an activating group) is 1. The maximum atomic E-state index is 12.7. The summed E-state index contributed by atoms with van der Waals surface area (Å²) in [6, 6.07) is 4.41. The Hall–Kier alpha value is -1.40. The van der Waals surface area contributed by atoms with Crippen LogP contribution in [0, 0.1) is 5.92 Å². The monoisotopic (exact) mass is 349 g/mol. The fourth-order valence-corrected chi connectivity index (χ4v) is 4.48. The second-order valence-corrected chi connectivity index (χ2v) is 8.24. The minimum atomic E-state index is 0.145. The number of hydrogen-bond acceptors (Lipinski definition) is 4. The van der Waals surface area contributed by atoms with Crippen molar-refractivity contribution in [3.63, 3.8) is 0 Å². The summed E-state index contributed by atoms with van der Waals surface area (Å²) in [7, 11) is 3.60. The van der Waals surface area contributed by atoms with Crippen LogP contribution in [0.4, 0.5) is 0 Å². The zero-order valence-corrected chi connectivity index (χ0v) is 15.4. The Labute approximate surface area is 148 Å². The van der Waals surface area contributed by atoms with Gasteiger partial charge in [0.15, 0.2) is 0 Å². The van der Waals surface area contributed by atoms with Gasteiger partial charge in [-0.25, -0.2) is 0 Å². The van der Waals surface area contributed by atoms with E-state index in [0.717, 1.165) is 32.5 Å². The van der Waals surface area contributed by atoms with Crippen molar-refractivity contribution in [2.24, 2.45) is 5.92 Å². The Morgan fingerprint density at radius 2 is 2.08 bits per heavy atom. The molecule has 3 fully saturated rings. The average molecular weight is 350 g/mol. The fraction of sp³-hybridized carbons (Fsp3) is 0.667. The van der Waals surface area contributed by atoms with Gasteiger partial charge in [-0.05, 0) is 36.6 Å². The lowest BCUT2D eigenvalue weighted by Crippen LogP contribution is -2.47. The molecule has 2 bridgehead atoms. The fourth-order valence-electron chi connectivity index (χ4n) is 3.77. The van der Waals surface area contributed by atoms with Crippen LogP contribution in [0.15, 0.2) is 17.5 Å². The molecule has 3 aliphatic rings. The van der Waals surface area contributed by atoms with E-state index in [1.807, 2.05) is 6.07 Å². The van der Waals surface area contributed by atoms with E-state index in [0.29, 0.717) is 18.9 Å². The first-order chi connectivity index (χ1) is 11.5. The first-order valence-corrected chi connectivity index (χ1v) is 9.65. The van der Waals surface area contributed by atoms with Crippen molar-refractivity contribution in [2.75, 3.05) is 40.3 Å². The molecule has 6 heteroatoms. The lowest BCUT2D eigenvalue weighted by Gasteiger charge is -2.36. The van der Waals surface area contributed by atoms with Crippen LogP contribution in [0.2, 0.25) is 0 Å². The Morgan fingerprint density at radius 1 is 1.25 bits per heavy atom. The van der Waals surface area contributed by atoms with E-state index in [1.54, 1.807) is 30.3 Å². The summed E-state index contributed by atoms with van der Waals surface area (Å²) >= 11 is 1.72. The van der Waals surface area contributed by atoms with Crippen LogP contribution in [0.5, 0.6) is 0 Å². The molecule has 4 heterocycles. The number of carbonyl (C=O) groups is 2. The number of fused-ring (bicyclic) bond motifs is 4. The molecule has 24 heavy (non-hydrogen) atoms. The van der Waals surface area contributed by atoms with E-state index in [1.165, 1.54) is 11.3 Å². The number of amides is 2. The van der Waals surface area contributed by atoms with Crippen molar-refractivity contribution in [3.8, 4) is 0 Å². The van der Waals surface area contributed by atoms with Gasteiger partial charge in [0.25, 0.3) is 0 Å². The molecule has 0 aliphatic carbocycles. The van der Waals surface area contributed by atoms with Gasteiger partial charge in [0, 0.05) is 51.1 Å². The van der Waals surface area contributed by atoms with Crippen molar-refractivity contribution >= 4 is 23.2 Å². The van der Waals surface area contributed by atoms with E-state index in [4.69, 9.17) is 0 Å². The van der Waals surface area contributed by atoms with Gasteiger partial charge < -0.3 is 9.80 Å². The maximum Gasteiger partial charge on any atom is 0.236 e. The molecule has 1 aromatic heterocycles. The Kier molecular flexibility index (Phi) is 5.56. The number of thiophene rings is 1. The molecule has 1 aromatic rings. The highest BCUT2D eigenvalue weighted by molar-refractivity contribution is 7.09. The minimum absolute atomic E-state index is 0.145. The summed E-state index contributed by atoms with van der Waals surface area (Å²) < 4.78 is 0. The SMILES string of the molecule is CN(C)C(=O)CN1C[C@@H]2CC[C@H](C1)N(C(=O)CCc1cccs1)C2. The molecule has 5 nitrogen and oxygen atoms in total. The van der Waals surface area contributed by atoms with Gasteiger partial charge in [-0.3, -0.25) is 14.5 Å². The molecule has 132 valence electrons. The quantitative estimate of drug-likeness (QED) is 0.813. The van der Waals surface area contributed by atoms with Crippen molar-refractivity contribution < 1.29 is 9.59 Å². The molecule has 3 aliphatic heterocycles. The summed E-state index contributed by atoms with van der Waals surface area (Å²) in [5.41, 5.74) is 0. The molecule has 2 amide bonds. The highest BCUT2D eigenvalue weighted by Gasteiger charge is 2.37. The van der Waals surface area contributed by atoms with Crippen LogP contribution in [0.3, 0.4) is 0 Å². The van der Waals surface area contributed by atoms with Gasteiger partial charge in [0.2, 0.25) is 11.8 Å². The molecule has 4 rings (SSSR count). The lowest BCUT2D eigenvalue weighted by atomic mass is 9.94. The van der Waals surface area contributed by atoms with Gasteiger partial charge in [0.05, 0.1) is 6.54 Å². The summed E-state index contributed by atoms with van der Waals surface area (Å²) in [6.07, 6.45) is 3.68. The van der Waals surface area contributed by atoms with Crippen LogP contribution in [0.1, 0.15) is 24.1 Å². The van der Waals surface area contributed by atoms with E-state index in [-0.39, 0.29) is 17.9 Å². The highest BCUT2D eigenvalue weighted by Crippen LogP contribution is 2.28. The van der Waals surface area contributed by atoms with Crippen molar-refractivity contribution in [3.05, 3.63) is 22.4 Å². The first-order valence-electron chi connectivity index (χ1n) is 8.77. The second kappa shape index (κ2) is 7.66. The molecule has 0 unspecified atom stereocenters. The smallest absolute Gasteiger partial charge is 0.236 e. The normalized spacial score (nSPS) is 24.0. The van der Waals surface area contributed by atoms with Crippen LogP contribution in [0.25, 0.3) is 0 Å². The Bertz CT molecular complexity index is 573. The van der Waals surface area contributed by atoms with E-state index in [9.17, 15) is 9.59 Å². The van der Waals surface area contributed by atoms with Gasteiger partial charge in [-0.15, -0.1) is 11.3 Å². The van der Waals surface area contributed by atoms with Crippen LogP contribution >= 0.6 is 11.3 Å². The van der Waals surface area contributed by atoms with Crippen molar-refractivity contribution in [1.29, 1.82) is 0 Å². The third-order valence-electron chi connectivity index (χ3n) is 5.13. The highest BCUT2D eigenvalue weighted by atomic mass is 32.1. The Morgan fingerprint density at radius 3 is 2.79 bits per heavy atom. The van der Waals surface area contributed by atoms with Gasteiger partial charge in [0.1, 0.15) is 0 Å². The third-order valence-corrected chi connectivity index (χ3v) is 6.07. The Balaban J connectivity index is 1.58. The molecular weight excluding hydrogens is 322 g/mol. The minimum Gasteiger partial charge on any atom is -0.348 e. The summed E-state index contributed by atoms with van der Waals surface area (Å²) in [5, 5.41) is 2.06. The topological polar surface area (TPSA) is 43.9 Å². The van der Waals surface area contributed by atoms with E-state index >= 15 is 0 Å². The average Bonchev–Trinajstić information content (AvgIpc) is 2.93. The van der Waals surface area contributed by atoms with Crippen LogP contribution < -0.4 is 0 Å².